The molecule has 4 aliphatic rings. The Bertz CT molecular complexity index is 3120. The van der Waals surface area contributed by atoms with Crippen molar-refractivity contribution in [3.63, 3.8) is 0 Å². The number of hydrogen-bond donors (Lipinski definition) is 7. The minimum Gasteiger partial charge on any atom is -0.495 e. The lowest BCUT2D eigenvalue weighted by molar-refractivity contribution is -0.158. The lowest BCUT2D eigenvalue weighted by atomic mass is 9.90. The molecule has 89 heavy (non-hydrogen) atoms. The molecule has 4 bridgehead atoms. The zero-order valence-corrected chi connectivity index (χ0v) is 51.6. The summed E-state index contributed by atoms with van der Waals surface area (Å²) in [4.78, 5) is 135. The number of halogens is 4. The number of rotatable bonds is 22. The van der Waals surface area contributed by atoms with Crippen molar-refractivity contribution in [1.82, 2.24) is 31.1 Å². The third kappa shape index (κ3) is 18.1. The molecule has 2 saturated heterocycles. The van der Waals surface area contributed by atoms with E-state index in [1.807, 2.05) is 6.92 Å². The minimum absolute atomic E-state index is 0.0103. The fourth-order valence-electron chi connectivity index (χ4n) is 10.5. The second-order valence-electron chi connectivity index (χ2n) is 22.8. The van der Waals surface area contributed by atoms with Gasteiger partial charge in [-0.05, 0) is 94.7 Å². The molecule has 0 aliphatic carbocycles. The van der Waals surface area contributed by atoms with Crippen molar-refractivity contribution >= 4 is 82.4 Å². The predicted molar refractivity (Wildman–Crippen MR) is 316 cm³/mol. The molecule has 2 aromatic rings. The Morgan fingerprint density at radius 2 is 1.67 bits per heavy atom. The average molecular weight is 1270 g/mol. The van der Waals surface area contributed by atoms with Crippen molar-refractivity contribution in [2.45, 2.75) is 159 Å². The van der Waals surface area contributed by atoms with Crippen LogP contribution >= 0.6 is 11.6 Å². The minimum atomic E-state index is -5.22. The van der Waals surface area contributed by atoms with E-state index in [1.54, 1.807) is 51.1 Å². The first kappa shape index (κ1) is 70.0. The molecule has 2 aromatic carbocycles. The number of esters is 1. The van der Waals surface area contributed by atoms with Crippen molar-refractivity contribution in [2.75, 3.05) is 51.6 Å². The fraction of sp³-hybridized carbons (Fsp3) is 0.533. The molecule has 8 N–H and O–H groups in total. The largest absolute Gasteiger partial charge is 0.495 e. The molecule has 4 heterocycles. The maximum absolute atomic E-state index is 15.0. The smallest absolute Gasteiger partial charge is 0.418 e. The molecule has 25 nitrogen and oxygen atoms in total. The second-order valence-corrected chi connectivity index (χ2v) is 23.2. The van der Waals surface area contributed by atoms with Crippen molar-refractivity contribution in [1.29, 1.82) is 0 Å². The summed E-state index contributed by atoms with van der Waals surface area (Å²) >= 11 is 6.80. The van der Waals surface area contributed by atoms with Gasteiger partial charge < -0.3 is 65.6 Å². The number of likely N-dealkylation sites (N-methyl/N-ethyl adjacent to an activating group) is 1. The summed E-state index contributed by atoms with van der Waals surface area (Å²) < 4.78 is 74.0. The Morgan fingerprint density at radius 1 is 0.978 bits per heavy atom. The number of urea groups is 1. The van der Waals surface area contributed by atoms with Gasteiger partial charge >= 0.3 is 24.3 Å². The van der Waals surface area contributed by atoms with Crippen molar-refractivity contribution in [3.05, 3.63) is 88.0 Å². The van der Waals surface area contributed by atoms with Crippen LogP contribution in [0.2, 0.25) is 5.02 Å². The van der Waals surface area contributed by atoms with Gasteiger partial charge in [0.1, 0.15) is 52.8 Å². The number of allylic oxidation sites excluding steroid dienone is 3. The summed E-state index contributed by atoms with van der Waals surface area (Å²) in [5, 5.41) is 24.0. The number of carbonyl (C=O) groups is 10. The molecular formula is C60H77ClF3N9O16. The van der Waals surface area contributed by atoms with Crippen LogP contribution in [0.4, 0.5) is 34.1 Å². The number of methoxy groups -OCH3 is 2. The van der Waals surface area contributed by atoms with Gasteiger partial charge in [-0.15, -0.1) is 0 Å². The van der Waals surface area contributed by atoms with Crippen LogP contribution in [-0.2, 0) is 65.1 Å². The molecule has 6 rings (SSSR count). The van der Waals surface area contributed by atoms with Crippen LogP contribution in [0.15, 0.2) is 66.3 Å². The summed E-state index contributed by atoms with van der Waals surface area (Å²) in [6.45, 7) is 7.91. The Hall–Kier alpha value is -8.08. The highest BCUT2D eigenvalue weighted by atomic mass is 35.5. The van der Waals surface area contributed by atoms with Gasteiger partial charge in [0.05, 0.1) is 36.6 Å². The number of nitrogens with two attached hydrogens (primary N) is 1. The Kier molecular flexibility index (Phi) is 23.6. The number of hydrogen-bond acceptors (Lipinski definition) is 16. The van der Waals surface area contributed by atoms with E-state index < -0.39 is 149 Å². The monoisotopic (exact) mass is 1270 g/mol. The van der Waals surface area contributed by atoms with E-state index in [-0.39, 0.29) is 61.7 Å². The fourth-order valence-corrected chi connectivity index (χ4v) is 10.8. The van der Waals surface area contributed by atoms with Crippen LogP contribution in [0.1, 0.15) is 114 Å². The third-order valence-electron chi connectivity index (χ3n) is 15.9. The molecule has 10 amide bonds. The number of aliphatic hydroxyl groups is 1. The van der Waals surface area contributed by atoms with Crippen LogP contribution < -0.4 is 42.0 Å². The lowest BCUT2D eigenvalue weighted by Crippen LogP contribution is -2.62. The van der Waals surface area contributed by atoms with E-state index in [0.29, 0.717) is 37.3 Å². The topological polar surface area (TPSA) is 336 Å². The molecule has 0 aromatic heterocycles. The SMILES string of the molecule is COc1cc2cc(c1Cl)N(C)C(=O)C[C@H](OC(=O)[C@H](C)N(C)C(=O)c1ccc(NC(=O)[C@H](CCCNC(N)=O)NC(=O)[C@@H](NC(=O)CCCCCN3C(=O)C=CC3=O)C(C)C)c(C(F)(F)F)c1)[C@]1(C)O[C@H]1C[C@@H]1C[C@@](O)(NC(=O)O1)[C@H](OC)/C=C/C=C(\C)C2. The summed E-state index contributed by atoms with van der Waals surface area (Å²) in [6.07, 6.45) is -2.80. The second kappa shape index (κ2) is 29.9. The third-order valence-corrected chi connectivity index (χ3v) is 16.3. The quantitative estimate of drug-likeness (QED) is 0.0349. The number of nitrogens with one attached hydrogen (secondary N) is 5. The number of alkyl carbamates (subject to hydrolysis) is 1. The van der Waals surface area contributed by atoms with Crippen LogP contribution in [0.5, 0.6) is 5.75 Å². The number of nitrogens with zero attached hydrogens (tertiary/aromatic N) is 3. The number of carbonyl (C=O) groups excluding carboxylic acids is 10. The zero-order valence-electron chi connectivity index (χ0n) is 50.9. The summed E-state index contributed by atoms with van der Waals surface area (Å²) in [6, 6.07) is 0.378. The highest BCUT2D eigenvalue weighted by molar-refractivity contribution is 6.35. The maximum Gasteiger partial charge on any atom is 0.418 e. The normalized spacial score (nSPS) is 24.0. The zero-order chi connectivity index (χ0) is 65.9. The number of anilines is 2. The van der Waals surface area contributed by atoms with Gasteiger partial charge in [-0.3, -0.25) is 43.8 Å². The van der Waals surface area contributed by atoms with Crippen LogP contribution in [0.3, 0.4) is 0 Å². The van der Waals surface area contributed by atoms with E-state index in [1.165, 1.54) is 33.1 Å². The number of imide groups is 1. The van der Waals surface area contributed by atoms with E-state index in [4.69, 9.17) is 41.0 Å². The van der Waals surface area contributed by atoms with E-state index in [0.717, 1.165) is 46.7 Å². The Balaban J connectivity index is 1.19. The molecule has 0 saturated carbocycles. The first-order chi connectivity index (χ1) is 41.8. The standard InChI is InChI=1S/C60H77ClF3N9O16/c1-32(2)51(69-46(74)18-11-10-12-24-73-47(75)21-22-48(73)76)53(79)68-40(16-14-23-66-56(65)82)52(78)67-39-20-19-36(28-38(39)60(62,63)64)54(80)71(6)34(4)55(81)88-44-30-49(77)72(7)41-26-35(27-42(85-8)50(41)61)25-33(3)15-13-17-43(86-9)59(84)31-37(87-57(83)70-59)29-45-58(44,5)89-45/h13,15,17,19-22,26-28,32,34,37,40,43-45,51,84H,10-12,14,16,18,23-25,29-31H2,1-9H3,(H,67,78)(H,68,79)(H,69,74)(H,70,83)(H3,65,66,82)/b17-13+,33-15+/t34-,37+,40-,43+,44-,45-,51-,58-,59-/m0/s1. The van der Waals surface area contributed by atoms with E-state index in [2.05, 4.69) is 26.6 Å². The molecule has 4 aliphatic heterocycles. The number of fused-ring (bicyclic) bond motifs is 5. The van der Waals surface area contributed by atoms with Crippen LogP contribution in [-0.4, -0.2) is 170 Å². The molecule has 29 heteroatoms. The predicted octanol–water partition coefficient (Wildman–Crippen LogP) is 5.10. The van der Waals surface area contributed by atoms with Crippen molar-refractivity contribution in [2.24, 2.45) is 11.7 Å². The van der Waals surface area contributed by atoms with Gasteiger partial charge in [0.2, 0.25) is 23.6 Å². The number of primary amides is 1. The molecule has 2 fully saturated rings. The average Bonchev–Trinajstić information content (AvgIpc) is 1.62. The van der Waals surface area contributed by atoms with Crippen molar-refractivity contribution < 1.29 is 89.9 Å². The summed E-state index contributed by atoms with van der Waals surface area (Å²) in [5.74, 6) is -6.57. The molecule has 0 radical (unpaired) electrons. The van der Waals surface area contributed by atoms with Gasteiger partial charge in [-0.2, -0.15) is 13.2 Å². The number of epoxide rings is 1. The summed E-state index contributed by atoms with van der Waals surface area (Å²) in [7, 11) is 5.33. The number of alkyl halides is 3. The number of amides is 10. The molecule has 486 valence electrons. The van der Waals surface area contributed by atoms with Gasteiger partial charge in [0.25, 0.3) is 17.7 Å². The molecule has 0 spiro atoms. The number of unbranched alkanes of at least 4 members (excludes halogenated alkanes) is 2. The van der Waals surface area contributed by atoms with Crippen LogP contribution in [0, 0.1) is 5.92 Å². The first-order valence-electron chi connectivity index (χ1n) is 28.9. The van der Waals surface area contributed by atoms with Crippen LogP contribution in [0.25, 0.3) is 0 Å². The van der Waals surface area contributed by atoms with E-state index >= 15 is 13.2 Å². The van der Waals surface area contributed by atoms with Gasteiger partial charge in [0, 0.05) is 71.3 Å². The van der Waals surface area contributed by atoms with E-state index in [9.17, 15) is 53.1 Å². The molecular weight excluding hydrogens is 1200 g/mol. The van der Waals surface area contributed by atoms with Gasteiger partial charge in [0.15, 0.2) is 5.72 Å². The Labute approximate surface area is 517 Å². The molecule has 9 atom stereocenters. The first-order valence-corrected chi connectivity index (χ1v) is 29.2. The van der Waals surface area contributed by atoms with Crippen molar-refractivity contribution in [3.8, 4) is 5.75 Å². The highest BCUT2D eigenvalue weighted by Gasteiger charge is 2.62. The molecule has 0 unspecified atom stereocenters. The Morgan fingerprint density at radius 3 is 2.31 bits per heavy atom. The van der Waals surface area contributed by atoms with Gasteiger partial charge in [-0.1, -0.05) is 55.7 Å². The van der Waals surface area contributed by atoms with Gasteiger partial charge in [-0.25, -0.2) is 14.4 Å². The number of ether oxygens (including phenoxy) is 5. The summed E-state index contributed by atoms with van der Waals surface area (Å²) in [5.41, 5.74) is 0.574. The maximum atomic E-state index is 15.0. The lowest BCUT2D eigenvalue weighted by Gasteiger charge is -2.40. The number of benzene rings is 2. The highest BCUT2D eigenvalue weighted by Crippen LogP contribution is 2.47.